The molecule has 0 saturated heterocycles. The third kappa shape index (κ3) is 5.84. The molecule has 32 heavy (non-hydrogen) atoms. The Morgan fingerprint density at radius 3 is 2.53 bits per heavy atom. The zero-order valence-corrected chi connectivity index (χ0v) is 19.5. The molecule has 9 heteroatoms. The Kier molecular flexibility index (Phi) is 8.61. The van der Waals surface area contributed by atoms with Crippen LogP contribution in [-0.4, -0.2) is 26.2 Å². The van der Waals surface area contributed by atoms with E-state index in [0.717, 1.165) is 30.1 Å². The van der Waals surface area contributed by atoms with E-state index in [1.54, 1.807) is 0 Å². The van der Waals surface area contributed by atoms with Crippen LogP contribution in [0.3, 0.4) is 0 Å². The third-order valence-corrected chi connectivity index (χ3v) is 7.01. The quantitative estimate of drug-likeness (QED) is 0.280. The maximum absolute atomic E-state index is 13.6. The first-order valence-electron chi connectivity index (χ1n) is 10.9. The molecule has 2 aromatic rings. The molecule has 1 aliphatic heterocycles. The van der Waals surface area contributed by atoms with Gasteiger partial charge in [-0.2, -0.15) is 13.2 Å². The number of nitrogens with two attached hydrogens (primary N) is 1. The predicted molar refractivity (Wildman–Crippen MR) is 129 cm³/mol. The van der Waals surface area contributed by atoms with Crippen LogP contribution in [0, 0.1) is 0 Å². The average molecular weight is 487 g/mol. The van der Waals surface area contributed by atoms with Gasteiger partial charge in [-0.05, 0) is 61.6 Å². The second-order valence-electron chi connectivity index (χ2n) is 8.18. The number of anilines is 3. The Morgan fingerprint density at radius 1 is 1.03 bits per heavy atom. The van der Waals surface area contributed by atoms with Crippen LogP contribution < -0.4 is 21.7 Å². The van der Waals surface area contributed by atoms with Gasteiger partial charge in [-0.25, -0.2) is 0 Å². The van der Waals surface area contributed by atoms with Crippen LogP contribution in [0.2, 0.25) is 0 Å². The summed E-state index contributed by atoms with van der Waals surface area (Å²) in [6.45, 7) is 2.64. The van der Waals surface area contributed by atoms with Crippen LogP contribution >= 0.6 is 24.2 Å². The highest BCUT2D eigenvalue weighted by Gasteiger charge is 2.33. The molecule has 0 spiro atoms. The number of hydrogen-bond donors (Lipinski definition) is 4. The van der Waals surface area contributed by atoms with Gasteiger partial charge in [0.2, 0.25) is 0 Å². The number of halogens is 4. The van der Waals surface area contributed by atoms with Gasteiger partial charge in [0, 0.05) is 29.4 Å². The van der Waals surface area contributed by atoms with Gasteiger partial charge in [0.15, 0.2) is 0 Å². The fraction of sp³-hybridized carbons (Fsp3) is 0.478. The van der Waals surface area contributed by atoms with E-state index in [9.17, 15) is 13.2 Å². The molecular formula is C23H30ClF3N4S. The SMILES string of the molecule is Cl.NCCNCCCNc1cc(C(F)(F)F)cc2c1Nc1ccc(C3CCCC3)cc1S2. The largest absolute Gasteiger partial charge is 0.416 e. The van der Waals surface area contributed by atoms with Crippen LogP contribution in [-0.2, 0) is 6.18 Å². The van der Waals surface area contributed by atoms with Gasteiger partial charge in [-0.15, -0.1) is 12.4 Å². The summed E-state index contributed by atoms with van der Waals surface area (Å²) >= 11 is 1.42. The highest BCUT2D eigenvalue weighted by molar-refractivity contribution is 7.99. The first kappa shape index (κ1) is 25.0. The normalized spacial score (nSPS) is 15.5. The number of fused-ring (bicyclic) bond motifs is 2. The van der Waals surface area contributed by atoms with E-state index >= 15 is 0 Å². The molecule has 1 aliphatic carbocycles. The lowest BCUT2D eigenvalue weighted by molar-refractivity contribution is -0.137. The number of nitrogens with one attached hydrogen (secondary N) is 3. The molecule has 0 radical (unpaired) electrons. The number of alkyl halides is 3. The molecule has 0 aromatic heterocycles. The Balaban J connectivity index is 0.00000289. The summed E-state index contributed by atoms with van der Waals surface area (Å²) in [5.74, 6) is 0.568. The first-order chi connectivity index (χ1) is 15.0. The highest BCUT2D eigenvalue weighted by Crippen LogP contribution is 2.50. The van der Waals surface area contributed by atoms with Crippen molar-refractivity contribution in [3.63, 3.8) is 0 Å². The van der Waals surface area contributed by atoms with E-state index in [4.69, 9.17) is 5.73 Å². The van der Waals surface area contributed by atoms with Gasteiger partial charge in [0.25, 0.3) is 0 Å². The number of benzene rings is 2. The lowest BCUT2D eigenvalue weighted by Crippen LogP contribution is -2.24. The second-order valence-corrected chi connectivity index (χ2v) is 9.26. The van der Waals surface area contributed by atoms with Gasteiger partial charge in [0.05, 0.1) is 22.6 Å². The van der Waals surface area contributed by atoms with Crippen LogP contribution in [0.25, 0.3) is 0 Å². The van der Waals surface area contributed by atoms with Gasteiger partial charge in [-0.1, -0.05) is 30.7 Å². The maximum Gasteiger partial charge on any atom is 0.416 e. The topological polar surface area (TPSA) is 62.1 Å². The van der Waals surface area contributed by atoms with Crippen molar-refractivity contribution in [3.8, 4) is 0 Å². The zero-order chi connectivity index (χ0) is 21.8. The van der Waals surface area contributed by atoms with Crippen molar-refractivity contribution in [2.24, 2.45) is 5.73 Å². The summed E-state index contributed by atoms with van der Waals surface area (Å²) in [7, 11) is 0. The van der Waals surface area contributed by atoms with Gasteiger partial charge >= 0.3 is 6.18 Å². The van der Waals surface area contributed by atoms with Crippen LogP contribution in [0.1, 0.15) is 49.1 Å². The molecule has 0 unspecified atom stereocenters. The van der Waals surface area contributed by atoms with Crippen LogP contribution in [0.15, 0.2) is 40.1 Å². The van der Waals surface area contributed by atoms with Crippen molar-refractivity contribution in [1.29, 1.82) is 0 Å². The minimum Gasteiger partial charge on any atom is -0.383 e. The summed E-state index contributed by atoms with van der Waals surface area (Å²) in [4.78, 5) is 1.60. The fourth-order valence-corrected chi connectivity index (χ4v) is 5.39. The van der Waals surface area contributed by atoms with E-state index in [1.165, 1.54) is 55.1 Å². The Morgan fingerprint density at radius 2 is 1.81 bits per heavy atom. The van der Waals surface area contributed by atoms with Crippen molar-refractivity contribution < 1.29 is 13.2 Å². The summed E-state index contributed by atoms with van der Waals surface area (Å²) in [5.41, 5.74) is 8.28. The van der Waals surface area contributed by atoms with E-state index in [-0.39, 0.29) is 12.4 Å². The minimum absolute atomic E-state index is 0. The lowest BCUT2D eigenvalue weighted by atomic mass is 9.97. The predicted octanol–water partition coefficient (Wildman–Crippen LogP) is 6.34. The van der Waals surface area contributed by atoms with E-state index < -0.39 is 11.7 Å². The number of hydrogen-bond acceptors (Lipinski definition) is 5. The van der Waals surface area contributed by atoms with Gasteiger partial charge in [-0.3, -0.25) is 0 Å². The lowest BCUT2D eigenvalue weighted by Gasteiger charge is -2.26. The molecule has 176 valence electrons. The van der Waals surface area contributed by atoms with Gasteiger partial charge < -0.3 is 21.7 Å². The number of rotatable bonds is 8. The van der Waals surface area contributed by atoms with Gasteiger partial charge in [0.1, 0.15) is 0 Å². The molecule has 0 amide bonds. The van der Waals surface area contributed by atoms with Crippen molar-refractivity contribution in [3.05, 3.63) is 41.5 Å². The molecule has 5 N–H and O–H groups in total. The molecule has 1 heterocycles. The first-order valence-corrected chi connectivity index (χ1v) is 11.8. The molecule has 4 nitrogen and oxygen atoms in total. The van der Waals surface area contributed by atoms with E-state index in [2.05, 4.69) is 34.1 Å². The molecule has 2 aromatic carbocycles. The molecule has 0 atom stereocenters. The Labute approximate surface area is 197 Å². The minimum atomic E-state index is -4.39. The zero-order valence-electron chi connectivity index (χ0n) is 17.9. The van der Waals surface area contributed by atoms with Crippen molar-refractivity contribution in [2.45, 2.75) is 54.0 Å². The van der Waals surface area contributed by atoms with Crippen molar-refractivity contribution >= 4 is 41.2 Å². The summed E-state index contributed by atoms with van der Waals surface area (Å²) < 4.78 is 40.7. The molecule has 1 fully saturated rings. The standard InChI is InChI=1S/C23H29F3N4S.ClH/c24-23(25,26)17-13-19(29-10-3-9-28-11-8-27)22-21(14-17)31-20-12-16(6-7-18(20)30-22)15-4-1-2-5-15;/h6-7,12-15,28-30H,1-5,8-11,27H2;1H. The van der Waals surface area contributed by atoms with E-state index in [0.29, 0.717) is 35.3 Å². The smallest absolute Gasteiger partial charge is 0.383 e. The Bertz CT molecular complexity index is 917. The molecule has 4 rings (SSSR count). The van der Waals surface area contributed by atoms with Crippen LogP contribution in [0.4, 0.5) is 30.2 Å². The summed E-state index contributed by atoms with van der Waals surface area (Å²) in [6, 6.07) is 8.84. The third-order valence-electron chi connectivity index (χ3n) is 5.91. The summed E-state index contributed by atoms with van der Waals surface area (Å²) in [6.07, 6.45) is 1.29. The van der Waals surface area contributed by atoms with Crippen molar-refractivity contribution in [1.82, 2.24) is 5.32 Å². The Hall–Kier alpha value is -1.61. The highest BCUT2D eigenvalue weighted by atomic mass is 35.5. The molecular weight excluding hydrogens is 457 g/mol. The van der Waals surface area contributed by atoms with Crippen LogP contribution in [0.5, 0.6) is 0 Å². The summed E-state index contributed by atoms with van der Waals surface area (Å²) in [5, 5.41) is 9.78. The fourth-order valence-electron chi connectivity index (χ4n) is 4.28. The molecule has 0 bridgehead atoms. The molecule has 1 saturated carbocycles. The second kappa shape index (κ2) is 11.0. The monoisotopic (exact) mass is 486 g/mol. The van der Waals surface area contributed by atoms with Crippen molar-refractivity contribution in [2.75, 3.05) is 36.8 Å². The molecule has 2 aliphatic rings. The average Bonchev–Trinajstić information content (AvgIpc) is 3.28. The van der Waals surface area contributed by atoms with E-state index in [1.807, 2.05) is 0 Å². The maximum atomic E-state index is 13.6.